The van der Waals surface area contributed by atoms with E-state index in [1.807, 2.05) is 45.0 Å². The number of thioether (sulfide) groups is 1. The fraction of sp³-hybridized carbons (Fsp3) is 0.333. The molecule has 2 aliphatic heterocycles. The smallest absolute Gasteiger partial charge is 0.283 e. The number of halogens is 1. The van der Waals surface area contributed by atoms with Crippen molar-refractivity contribution in [2.45, 2.75) is 53.4 Å². The van der Waals surface area contributed by atoms with Crippen molar-refractivity contribution in [2.24, 2.45) is 10.1 Å². The minimum absolute atomic E-state index is 0.0710. The second-order valence-electron chi connectivity index (χ2n) is 8.02. The van der Waals surface area contributed by atoms with Gasteiger partial charge in [0.15, 0.2) is 5.84 Å². The van der Waals surface area contributed by atoms with Crippen LogP contribution in [-0.2, 0) is 4.79 Å². The summed E-state index contributed by atoms with van der Waals surface area (Å²) in [6.07, 6.45) is 5.90. The molecule has 0 saturated carbocycles. The molecule has 0 fully saturated rings. The minimum atomic E-state index is -0.400. The van der Waals surface area contributed by atoms with Crippen LogP contribution in [0.15, 0.2) is 39.9 Å². The third kappa shape index (κ3) is 4.07. The molecule has 0 unspecified atom stereocenters. The van der Waals surface area contributed by atoms with E-state index in [4.69, 9.17) is 17.0 Å². The van der Waals surface area contributed by atoms with Gasteiger partial charge in [0, 0.05) is 22.1 Å². The van der Waals surface area contributed by atoms with Gasteiger partial charge in [-0.2, -0.15) is 15.1 Å². The molecule has 2 aromatic rings. The number of aryl methyl sites for hydroxylation is 1. The zero-order chi connectivity index (χ0) is 23.0. The van der Waals surface area contributed by atoms with Crippen LogP contribution in [0.25, 0.3) is 11.8 Å². The molecule has 2 aliphatic rings. The monoisotopic (exact) mass is 467 g/mol. The summed E-state index contributed by atoms with van der Waals surface area (Å²) in [5, 5.41) is 16.8. The van der Waals surface area contributed by atoms with Gasteiger partial charge in [0.05, 0.1) is 5.57 Å². The molecule has 3 heterocycles. The van der Waals surface area contributed by atoms with Gasteiger partial charge in [0.25, 0.3) is 5.91 Å². The van der Waals surface area contributed by atoms with Gasteiger partial charge in [-0.05, 0) is 80.8 Å². The highest BCUT2D eigenvalue weighted by Crippen LogP contribution is 2.32. The summed E-state index contributed by atoms with van der Waals surface area (Å²) in [6, 6.07) is 7.85. The number of carbonyl (C=O) groups is 1. The number of fused-ring (bicyclic) bond motifs is 1. The SMILES string of the molecule is CCCCCC1=NN2C(=N)/C(=C\c3cc(C)n(-c4cccc(Cl)c4C)c3C)C(=O)N=C2S1. The normalized spacial score (nSPS) is 17.2. The Bertz CT molecular complexity index is 1210. The molecule has 1 N–H and O–H groups in total. The lowest BCUT2D eigenvalue weighted by atomic mass is 10.1. The number of nitrogens with one attached hydrogen (secondary N) is 1. The van der Waals surface area contributed by atoms with Crippen molar-refractivity contribution in [3.05, 3.63) is 57.4 Å². The molecule has 4 rings (SSSR count). The number of nitrogens with zero attached hydrogens (tertiary/aromatic N) is 4. The molecular weight excluding hydrogens is 442 g/mol. The van der Waals surface area contributed by atoms with Gasteiger partial charge in [0.2, 0.25) is 5.17 Å². The van der Waals surface area contributed by atoms with Gasteiger partial charge >= 0.3 is 0 Å². The number of benzene rings is 1. The van der Waals surface area contributed by atoms with Crippen molar-refractivity contribution >= 4 is 51.4 Å². The molecule has 1 aromatic heterocycles. The maximum atomic E-state index is 12.8. The number of aliphatic imine (C=N–C) groups is 1. The van der Waals surface area contributed by atoms with Crippen molar-refractivity contribution in [1.29, 1.82) is 5.41 Å². The quantitative estimate of drug-likeness (QED) is 0.402. The summed E-state index contributed by atoms with van der Waals surface area (Å²) in [7, 11) is 0. The molecule has 0 atom stereocenters. The third-order valence-corrected chi connectivity index (χ3v) is 7.12. The van der Waals surface area contributed by atoms with Crippen LogP contribution >= 0.6 is 23.4 Å². The van der Waals surface area contributed by atoms with Crippen molar-refractivity contribution in [2.75, 3.05) is 0 Å². The van der Waals surface area contributed by atoms with Crippen LogP contribution in [0.1, 0.15) is 55.1 Å². The fourth-order valence-corrected chi connectivity index (χ4v) is 5.05. The molecule has 0 aliphatic carbocycles. The van der Waals surface area contributed by atoms with E-state index in [9.17, 15) is 4.79 Å². The predicted octanol–water partition coefficient (Wildman–Crippen LogP) is 6.26. The van der Waals surface area contributed by atoms with Gasteiger partial charge in [-0.15, -0.1) is 0 Å². The summed E-state index contributed by atoms with van der Waals surface area (Å²) in [5.41, 5.74) is 5.09. The third-order valence-electron chi connectivity index (χ3n) is 5.74. The highest BCUT2D eigenvalue weighted by atomic mass is 35.5. The van der Waals surface area contributed by atoms with Crippen molar-refractivity contribution in [3.63, 3.8) is 0 Å². The fourth-order valence-electron chi connectivity index (χ4n) is 3.96. The summed E-state index contributed by atoms with van der Waals surface area (Å²) in [5.74, 6) is -0.329. The average molecular weight is 468 g/mol. The lowest BCUT2D eigenvalue weighted by molar-refractivity contribution is -0.114. The number of unbranched alkanes of at least 4 members (excludes halogenated alkanes) is 2. The van der Waals surface area contributed by atoms with Crippen molar-refractivity contribution in [1.82, 2.24) is 9.58 Å². The van der Waals surface area contributed by atoms with Crippen LogP contribution in [0.2, 0.25) is 5.02 Å². The van der Waals surface area contributed by atoms with Crippen LogP contribution in [-0.4, -0.2) is 31.5 Å². The van der Waals surface area contributed by atoms with Crippen molar-refractivity contribution in [3.8, 4) is 5.69 Å². The molecule has 0 saturated heterocycles. The van der Waals surface area contributed by atoms with Gasteiger partial charge in [-0.25, -0.2) is 0 Å². The van der Waals surface area contributed by atoms with E-state index in [0.717, 1.165) is 58.9 Å². The molecule has 1 amide bonds. The highest BCUT2D eigenvalue weighted by Gasteiger charge is 2.35. The number of amidine groups is 2. The summed E-state index contributed by atoms with van der Waals surface area (Å²) >= 11 is 7.73. The zero-order valence-corrected chi connectivity index (χ0v) is 20.3. The van der Waals surface area contributed by atoms with E-state index >= 15 is 0 Å². The average Bonchev–Trinajstić information content (AvgIpc) is 3.28. The van der Waals surface area contributed by atoms with Crippen LogP contribution in [0.5, 0.6) is 0 Å². The second-order valence-corrected chi connectivity index (χ2v) is 9.46. The van der Waals surface area contributed by atoms with E-state index in [2.05, 4.69) is 21.6 Å². The van der Waals surface area contributed by atoms with E-state index in [1.54, 1.807) is 6.08 Å². The van der Waals surface area contributed by atoms with Crippen molar-refractivity contribution < 1.29 is 4.79 Å². The Morgan fingerprint density at radius 3 is 2.75 bits per heavy atom. The van der Waals surface area contributed by atoms with Crippen LogP contribution in [0, 0.1) is 26.2 Å². The number of carbonyl (C=O) groups excluding carboxylic acids is 1. The molecular formula is C24H26ClN5OS. The Balaban J connectivity index is 1.67. The first-order valence-corrected chi connectivity index (χ1v) is 11.9. The second kappa shape index (κ2) is 9.08. The van der Waals surface area contributed by atoms with E-state index in [-0.39, 0.29) is 11.4 Å². The molecule has 166 valence electrons. The number of hydrogen-bond donors (Lipinski definition) is 1. The van der Waals surface area contributed by atoms with Gasteiger partial charge < -0.3 is 4.57 Å². The maximum absolute atomic E-state index is 12.8. The lowest BCUT2D eigenvalue weighted by Crippen LogP contribution is -2.35. The molecule has 32 heavy (non-hydrogen) atoms. The molecule has 8 heteroatoms. The van der Waals surface area contributed by atoms with Crippen LogP contribution in [0.3, 0.4) is 0 Å². The highest BCUT2D eigenvalue weighted by molar-refractivity contribution is 8.26. The summed E-state index contributed by atoms with van der Waals surface area (Å²) < 4.78 is 2.12. The number of hydrogen-bond acceptors (Lipinski definition) is 4. The standard InChI is InChI=1S/C24H26ClN5OS/c1-5-6-7-11-21-28-30-22(26)18(23(31)27-24(30)32-21)13-17-12-14(2)29(16(17)4)20-10-8-9-19(25)15(20)3/h8-10,12-13,26H,5-7,11H2,1-4H3/b18-13+,26-22?. The largest absolute Gasteiger partial charge is 0.318 e. The number of hydrazone groups is 1. The Hall–Kier alpha value is -2.64. The molecule has 0 radical (unpaired) electrons. The minimum Gasteiger partial charge on any atom is -0.318 e. The molecule has 1 aromatic carbocycles. The lowest BCUT2D eigenvalue weighted by Gasteiger charge is -2.20. The Morgan fingerprint density at radius 1 is 1.22 bits per heavy atom. The first-order valence-electron chi connectivity index (χ1n) is 10.7. The first kappa shape index (κ1) is 22.6. The van der Waals surface area contributed by atoms with Crippen LogP contribution in [0.4, 0.5) is 0 Å². The Labute approximate surface area is 197 Å². The zero-order valence-electron chi connectivity index (χ0n) is 18.7. The Kier molecular flexibility index (Phi) is 6.40. The summed E-state index contributed by atoms with van der Waals surface area (Å²) in [6.45, 7) is 8.17. The Morgan fingerprint density at radius 2 is 2.00 bits per heavy atom. The number of rotatable bonds is 6. The molecule has 0 spiro atoms. The number of amides is 1. The number of aromatic nitrogens is 1. The van der Waals surface area contributed by atoms with Gasteiger partial charge in [-0.1, -0.05) is 37.4 Å². The molecule has 6 nitrogen and oxygen atoms in total. The van der Waals surface area contributed by atoms with Gasteiger partial charge in [0.1, 0.15) is 5.04 Å². The summed E-state index contributed by atoms with van der Waals surface area (Å²) in [4.78, 5) is 17.0. The topological polar surface area (TPSA) is 73.8 Å². The predicted molar refractivity (Wildman–Crippen MR) is 134 cm³/mol. The van der Waals surface area contributed by atoms with E-state index in [1.165, 1.54) is 16.8 Å². The van der Waals surface area contributed by atoms with E-state index in [0.29, 0.717) is 10.2 Å². The maximum Gasteiger partial charge on any atom is 0.283 e. The first-order chi connectivity index (χ1) is 15.3. The van der Waals surface area contributed by atoms with E-state index < -0.39 is 5.91 Å². The van der Waals surface area contributed by atoms with Gasteiger partial charge in [-0.3, -0.25) is 10.2 Å². The van der Waals surface area contributed by atoms with Crippen LogP contribution < -0.4 is 0 Å². The molecule has 0 bridgehead atoms.